The number of carbonyl (C=O) groups is 1. The Bertz CT molecular complexity index is 811. The molecule has 0 aliphatic carbocycles. The van der Waals surface area contributed by atoms with Crippen molar-refractivity contribution in [3.8, 4) is 10.8 Å². The maximum absolute atomic E-state index is 12.6. The van der Waals surface area contributed by atoms with Crippen LogP contribution >= 0.6 is 11.3 Å². The molecule has 5 rings (SSSR count). The van der Waals surface area contributed by atoms with Crippen LogP contribution in [0.5, 0.6) is 10.8 Å². The molecule has 4 heterocycles. The Kier molecular flexibility index (Phi) is 4.86. The average Bonchev–Trinajstić information content (AvgIpc) is 3.11. The number of piperidine rings is 3. The van der Waals surface area contributed by atoms with Gasteiger partial charge < -0.3 is 15.0 Å². The maximum Gasteiger partial charge on any atom is 0.416 e. The number of rotatable bonds is 4. The fourth-order valence-electron chi connectivity index (χ4n) is 3.69. The number of nitrogens with one attached hydrogen (secondary N) is 1. The summed E-state index contributed by atoms with van der Waals surface area (Å²) in [7, 11) is 0. The van der Waals surface area contributed by atoms with E-state index in [2.05, 4.69) is 10.2 Å². The Morgan fingerprint density at radius 3 is 2.41 bits per heavy atom. The predicted molar refractivity (Wildman–Crippen MR) is 96.3 cm³/mol. The van der Waals surface area contributed by atoms with Crippen LogP contribution in [-0.4, -0.2) is 36.5 Å². The Morgan fingerprint density at radius 1 is 1.11 bits per heavy atom. The number of fused-ring (bicyclic) bond motifs is 3. The van der Waals surface area contributed by atoms with E-state index in [1.54, 1.807) is 12.1 Å². The van der Waals surface area contributed by atoms with Gasteiger partial charge in [-0.05, 0) is 68.2 Å². The molecule has 2 bridgehead atoms. The molecule has 2 aromatic rings. The highest BCUT2D eigenvalue weighted by Crippen LogP contribution is 2.34. The standard InChI is InChI=1S/C19H19F3N2O2S/c20-19(21,22)13-1-3-14(4-2-13)26-17-6-5-16(27-17)18(25)23-15-11-24-9-7-12(15)8-10-24/h1-6,12,15H,7-11H2,(H,23,25)/t15-/m0/s1. The van der Waals surface area contributed by atoms with E-state index >= 15 is 0 Å². The lowest BCUT2D eigenvalue weighted by Gasteiger charge is -2.44. The van der Waals surface area contributed by atoms with Gasteiger partial charge in [0.15, 0.2) is 5.06 Å². The van der Waals surface area contributed by atoms with Crippen LogP contribution in [0.25, 0.3) is 0 Å². The highest BCUT2D eigenvalue weighted by atomic mass is 32.1. The van der Waals surface area contributed by atoms with Crippen molar-refractivity contribution in [1.29, 1.82) is 0 Å². The van der Waals surface area contributed by atoms with E-state index in [9.17, 15) is 18.0 Å². The molecule has 1 N–H and O–H groups in total. The van der Waals surface area contributed by atoms with Crippen molar-refractivity contribution in [1.82, 2.24) is 10.2 Å². The second kappa shape index (κ2) is 7.16. The normalized spacial score (nSPS) is 24.6. The molecule has 8 heteroatoms. The second-order valence-electron chi connectivity index (χ2n) is 6.96. The minimum Gasteiger partial charge on any atom is -0.447 e. The monoisotopic (exact) mass is 396 g/mol. The Hall–Kier alpha value is -2.06. The van der Waals surface area contributed by atoms with E-state index in [1.165, 1.54) is 23.5 Å². The number of carbonyl (C=O) groups excluding carboxylic acids is 1. The van der Waals surface area contributed by atoms with Crippen LogP contribution in [0.2, 0.25) is 0 Å². The quantitative estimate of drug-likeness (QED) is 0.834. The first-order valence-corrected chi connectivity index (χ1v) is 9.68. The molecule has 27 heavy (non-hydrogen) atoms. The molecule has 4 nitrogen and oxygen atoms in total. The zero-order valence-electron chi connectivity index (χ0n) is 14.5. The summed E-state index contributed by atoms with van der Waals surface area (Å²) in [4.78, 5) is 15.4. The summed E-state index contributed by atoms with van der Waals surface area (Å²) >= 11 is 1.18. The maximum atomic E-state index is 12.6. The highest BCUT2D eigenvalue weighted by Gasteiger charge is 2.35. The number of alkyl halides is 3. The van der Waals surface area contributed by atoms with Crippen molar-refractivity contribution in [2.45, 2.75) is 25.1 Å². The SMILES string of the molecule is O=C(N[C@H]1CN2CCC1CC2)c1ccc(Oc2ccc(C(F)(F)F)cc2)s1. The summed E-state index contributed by atoms with van der Waals surface area (Å²) in [5, 5.41) is 3.58. The van der Waals surface area contributed by atoms with Gasteiger partial charge in [0.05, 0.1) is 10.4 Å². The lowest BCUT2D eigenvalue weighted by Crippen LogP contribution is -2.57. The lowest BCUT2D eigenvalue weighted by molar-refractivity contribution is -0.137. The van der Waals surface area contributed by atoms with Crippen LogP contribution in [0, 0.1) is 5.92 Å². The molecule has 3 aliphatic rings. The van der Waals surface area contributed by atoms with Crippen molar-refractivity contribution in [2.75, 3.05) is 19.6 Å². The van der Waals surface area contributed by atoms with Crippen LogP contribution in [0.3, 0.4) is 0 Å². The number of hydrogen-bond donors (Lipinski definition) is 1. The van der Waals surface area contributed by atoms with E-state index in [0.29, 0.717) is 21.6 Å². The van der Waals surface area contributed by atoms with Gasteiger partial charge in [0.25, 0.3) is 5.91 Å². The van der Waals surface area contributed by atoms with E-state index in [1.807, 2.05) is 0 Å². The average molecular weight is 396 g/mol. The van der Waals surface area contributed by atoms with E-state index < -0.39 is 11.7 Å². The van der Waals surface area contributed by atoms with Gasteiger partial charge in [0.2, 0.25) is 0 Å². The van der Waals surface area contributed by atoms with Gasteiger partial charge in [-0.2, -0.15) is 13.2 Å². The number of ether oxygens (including phenoxy) is 1. The number of hydrogen-bond acceptors (Lipinski definition) is 4. The number of thiophene rings is 1. The third-order valence-corrected chi connectivity index (χ3v) is 6.14. The van der Waals surface area contributed by atoms with Crippen LogP contribution in [0.15, 0.2) is 36.4 Å². The van der Waals surface area contributed by atoms with Crippen LogP contribution in [0.1, 0.15) is 28.1 Å². The summed E-state index contributed by atoms with van der Waals surface area (Å²) in [6.07, 6.45) is -2.13. The molecule has 1 aromatic carbocycles. The van der Waals surface area contributed by atoms with E-state index in [4.69, 9.17) is 4.74 Å². The van der Waals surface area contributed by atoms with Crippen LogP contribution in [-0.2, 0) is 6.18 Å². The molecule has 0 radical (unpaired) electrons. The van der Waals surface area contributed by atoms with Gasteiger partial charge in [-0.3, -0.25) is 4.79 Å². The Morgan fingerprint density at radius 2 is 1.81 bits per heavy atom. The van der Waals surface area contributed by atoms with E-state index in [0.717, 1.165) is 44.6 Å². The van der Waals surface area contributed by atoms with Crippen molar-refractivity contribution in [3.63, 3.8) is 0 Å². The first-order chi connectivity index (χ1) is 12.9. The highest BCUT2D eigenvalue weighted by molar-refractivity contribution is 7.15. The van der Waals surface area contributed by atoms with Crippen LogP contribution in [0.4, 0.5) is 13.2 Å². The number of nitrogens with zero attached hydrogens (tertiary/aromatic N) is 1. The molecule has 1 atom stereocenters. The summed E-state index contributed by atoms with van der Waals surface area (Å²) in [5.41, 5.74) is -0.724. The molecular formula is C19H19F3N2O2S. The third kappa shape index (κ3) is 4.11. The molecule has 0 unspecified atom stereocenters. The Balaban J connectivity index is 1.37. The van der Waals surface area contributed by atoms with Gasteiger partial charge in [-0.25, -0.2) is 0 Å². The first kappa shape index (κ1) is 18.3. The zero-order valence-corrected chi connectivity index (χ0v) is 15.3. The lowest BCUT2D eigenvalue weighted by atomic mass is 9.84. The van der Waals surface area contributed by atoms with Gasteiger partial charge in [-0.1, -0.05) is 11.3 Å². The summed E-state index contributed by atoms with van der Waals surface area (Å²) in [6.45, 7) is 3.12. The smallest absolute Gasteiger partial charge is 0.416 e. The largest absolute Gasteiger partial charge is 0.447 e. The van der Waals surface area contributed by atoms with Crippen molar-refractivity contribution in [2.24, 2.45) is 5.92 Å². The van der Waals surface area contributed by atoms with Gasteiger partial charge >= 0.3 is 6.18 Å². The molecule has 3 aliphatic heterocycles. The zero-order chi connectivity index (χ0) is 19.0. The molecule has 0 saturated carbocycles. The summed E-state index contributed by atoms with van der Waals surface area (Å²) in [5.74, 6) is 0.719. The molecule has 3 saturated heterocycles. The van der Waals surface area contributed by atoms with Gasteiger partial charge in [0.1, 0.15) is 5.75 Å². The molecule has 144 valence electrons. The van der Waals surface area contributed by atoms with Gasteiger partial charge in [-0.15, -0.1) is 0 Å². The minimum absolute atomic E-state index is 0.124. The first-order valence-electron chi connectivity index (χ1n) is 8.87. The van der Waals surface area contributed by atoms with Crippen molar-refractivity contribution >= 4 is 17.2 Å². The minimum atomic E-state index is -4.37. The molecule has 0 spiro atoms. The summed E-state index contributed by atoms with van der Waals surface area (Å²) in [6, 6.07) is 8.02. The topological polar surface area (TPSA) is 41.6 Å². The fourth-order valence-corrected chi connectivity index (χ4v) is 4.47. The summed E-state index contributed by atoms with van der Waals surface area (Å²) < 4.78 is 43.4. The molecular weight excluding hydrogens is 377 g/mol. The number of amides is 1. The molecule has 3 fully saturated rings. The van der Waals surface area contributed by atoms with E-state index in [-0.39, 0.29) is 11.9 Å². The Labute approximate surface area is 158 Å². The third-order valence-electron chi connectivity index (χ3n) is 5.18. The van der Waals surface area contributed by atoms with Crippen molar-refractivity contribution in [3.05, 3.63) is 46.8 Å². The molecule has 1 amide bonds. The van der Waals surface area contributed by atoms with Crippen LogP contribution < -0.4 is 10.1 Å². The van der Waals surface area contributed by atoms with Crippen molar-refractivity contribution < 1.29 is 22.7 Å². The second-order valence-corrected chi connectivity index (χ2v) is 8.01. The molecule has 1 aromatic heterocycles. The number of halogens is 3. The predicted octanol–water partition coefficient (Wildman–Crippen LogP) is 4.38. The number of benzene rings is 1. The fraction of sp³-hybridized carbons (Fsp3) is 0.421. The van der Waals surface area contributed by atoms with Gasteiger partial charge in [0, 0.05) is 12.6 Å².